The summed E-state index contributed by atoms with van der Waals surface area (Å²) in [4.78, 5) is 11.2. The summed E-state index contributed by atoms with van der Waals surface area (Å²) >= 11 is 1.51. The van der Waals surface area contributed by atoms with Crippen LogP contribution in [0.15, 0.2) is 29.2 Å². The number of para-hydroxylation sites is 1. The van der Waals surface area contributed by atoms with E-state index in [1.807, 2.05) is 19.9 Å². The summed E-state index contributed by atoms with van der Waals surface area (Å²) in [5.74, 6) is 1.04. The van der Waals surface area contributed by atoms with Gasteiger partial charge in [0.15, 0.2) is 0 Å². The summed E-state index contributed by atoms with van der Waals surface area (Å²) < 4.78 is 0. The number of nitrogens with zero attached hydrogens (tertiary/aromatic N) is 1. The average molecular weight is 295 g/mol. The normalized spacial score (nSPS) is 11.3. The number of unbranched alkanes of at least 4 members (excludes halogenated alkanes) is 1. The Balaban J connectivity index is 2.39. The van der Waals surface area contributed by atoms with Crippen LogP contribution in [0.1, 0.15) is 33.1 Å². The number of hydrogen-bond donors (Lipinski definition) is 2. The lowest BCUT2D eigenvalue weighted by Crippen LogP contribution is -2.30. The molecule has 0 saturated heterocycles. The molecule has 6 heteroatoms. The van der Waals surface area contributed by atoms with Crippen LogP contribution in [0.5, 0.6) is 0 Å². The first-order chi connectivity index (χ1) is 9.34. The molecular formula is C14H21N3O2S. The minimum absolute atomic E-state index is 0.168. The number of thioether (sulfide) groups is 1. The van der Waals surface area contributed by atoms with E-state index in [0.29, 0.717) is 4.90 Å². The molecule has 1 rings (SSSR count). The van der Waals surface area contributed by atoms with E-state index in [4.69, 9.17) is 11.1 Å². The summed E-state index contributed by atoms with van der Waals surface area (Å²) in [5.41, 5.74) is 5.44. The quantitative estimate of drug-likeness (QED) is 0.190. The third kappa shape index (κ3) is 4.85. The minimum Gasteiger partial charge on any atom is -0.387 e. The Morgan fingerprint density at radius 3 is 2.65 bits per heavy atom. The zero-order chi connectivity index (χ0) is 15.2. The number of benzene rings is 1. The molecule has 0 aliphatic carbocycles. The fraction of sp³-hybridized carbons (Fsp3) is 0.500. The fourth-order valence-electron chi connectivity index (χ4n) is 1.72. The van der Waals surface area contributed by atoms with Crippen LogP contribution in [0.4, 0.5) is 5.69 Å². The largest absolute Gasteiger partial charge is 0.387 e. The first kappa shape index (κ1) is 16.5. The molecule has 0 bridgehead atoms. The standard InChI is InChI=1S/C14H21N3O2S/c1-14(2,13(15)16)9-5-6-10-20-12-8-4-3-7-11(12)17(18)19/h3-4,7-8H,5-6,9-10H2,1-2H3,(H3,15,16). The van der Waals surface area contributed by atoms with Crippen molar-refractivity contribution in [2.45, 2.75) is 38.0 Å². The third-order valence-electron chi connectivity index (χ3n) is 3.24. The molecule has 0 radical (unpaired) electrons. The van der Waals surface area contributed by atoms with Gasteiger partial charge in [-0.2, -0.15) is 0 Å². The van der Waals surface area contributed by atoms with Crippen LogP contribution in [0, 0.1) is 20.9 Å². The van der Waals surface area contributed by atoms with Crippen LogP contribution in [-0.4, -0.2) is 16.5 Å². The van der Waals surface area contributed by atoms with Gasteiger partial charge in [0, 0.05) is 11.5 Å². The van der Waals surface area contributed by atoms with Gasteiger partial charge in [-0.3, -0.25) is 15.5 Å². The lowest BCUT2D eigenvalue weighted by molar-refractivity contribution is -0.387. The van der Waals surface area contributed by atoms with Gasteiger partial charge in [0.05, 0.1) is 15.7 Å². The maximum Gasteiger partial charge on any atom is 0.282 e. The molecule has 1 aromatic rings. The van der Waals surface area contributed by atoms with Gasteiger partial charge < -0.3 is 5.73 Å². The van der Waals surface area contributed by atoms with E-state index in [-0.39, 0.29) is 21.9 Å². The molecule has 3 N–H and O–H groups in total. The van der Waals surface area contributed by atoms with Crippen molar-refractivity contribution in [3.8, 4) is 0 Å². The number of nitro benzene ring substituents is 1. The van der Waals surface area contributed by atoms with Gasteiger partial charge in [-0.25, -0.2) is 0 Å². The Bertz CT molecular complexity index is 489. The van der Waals surface area contributed by atoms with Gasteiger partial charge in [-0.05, 0) is 24.7 Å². The van der Waals surface area contributed by atoms with Crippen LogP contribution in [0.25, 0.3) is 0 Å². The Hall–Kier alpha value is -1.56. The van der Waals surface area contributed by atoms with Crippen molar-refractivity contribution in [2.24, 2.45) is 11.1 Å². The minimum atomic E-state index is -0.346. The van der Waals surface area contributed by atoms with E-state index < -0.39 is 0 Å². The van der Waals surface area contributed by atoms with Crippen LogP contribution >= 0.6 is 11.8 Å². The van der Waals surface area contributed by atoms with E-state index in [1.54, 1.807) is 12.1 Å². The number of nitro groups is 1. The molecule has 0 atom stereocenters. The number of hydrogen-bond acceptors (Lipinski definition) is 4. The predicted octanol–water partition coefficient (Wildman–Crippen LogP) is 3.82. The van der Waals surface area contributed by atoms with Gasteiger partial charge in [0.25, 0.3) is 5.69 Å². The molecule has 5 nitrogen and oxygen atoms in total. The van der Waals surface area contributed by atoms with E-state index >= 15 is 0 Å². The van der Waals surface area contributed by atoms with Crippen molar-refractivity contribution in [1.82, 2.24) is 0 Å². The van der Waals surface area contributed by atoms with Crippen molar-refractivity contribution in [3.63, 3.8) is 0 Å². The lowest BCUT2D eigenvalue weighted by Gasteiger charge is -2.22. The van der Waals surface area contributed by atoms with Crippen LogP contribution in [-0.2, 0) is 0 Å². The second kappa shape index (κ2) is 7.28. The van der Waals surface area contributed by atoms with Crippen LogP contribution in [0.2, 0.25) is 0 Å². The molecule has 0 spiro atoms. The SMILES string of the molecule is CC(C)(CCCCSc1ccccc1[N+](=O)[O-])C(=N)N. The van der Waals surface area contributed by atoms with Gasteiger partial charge in [-0.15, -0.1) is 11.8 Å². The summed E-state index contributed by atoms with van der Waals surface area (Å²) in [6, 6.07) is 6.80. The molecule has 0 heterocycles. The molecule has 0 aliphatic rings. The van der Waals surface area contributed by atoms with E-state index in [2.05, 4.69) is 0 Å². The van der Waals surface area contributed by atoms with E-state index in [9.17, 15) is 10.1 Å². The Labute approximate surface area is 123 Å². The zero-order valence-electron chi connectivity index (χ0n) is 11.9. The summed E-state index contributed by atoms with van der Waals surface area (Å²) in [6.07, 6.45) is 2.77. The zero-order valence-corrected chi connectivity index (χ0v) is 12.7. The molecule has 110 valence electrons. The highest BCUT2D eigenvalue weighted by molar-refractivity contribution is 7.99. The molecule has 0 fully saturated rings. The monoisotopic (exact) mass is 295 g/mol. The number of rotatable bonds is 8. The van der Waals surface area contributed by atoms with E-state index in [1.165, 1.54) is 17.8 Å². The molecule has 0 amide bonds. The maximum absolute atomic E-state index is 10.9. The Morgan fingerprint density at radius 2 is 2.05 bits per heavy atom. The van der Waals surface area contributed by atoms with Gasteiger partial charge in [0.2, 0.25) is 0 Å². The molecule has 0 saturated carbocycles. The summed E-state index contributed by atoms with van der Waals surface area (Å²) in [6.45, 7) is 3.93. The highest BCUT2D eigenvalue weighted by atomic mass is 32.2. The molecular weight excluding hydrogens is 274 g/mol. The van der Waals surface area contributed by atoms with Crippen LogP contribution in [0.3, 0.4) is 0 Å². The van der Waals surface area contributed by atoms with Crippen molar-refractivity contribution >= 4 is 23.3 Å². The number of amidine groups is 1. The second-order valence-corrected chi connectivity index (χ2v) is 6.46. The average Bonchev–Trinajstić information content (AvgIpc) is 2.38. The highest BCUT2D eigenvalue weighted by Gasteiger charge is 2.20. The highest BCUT2D eigenvalue weighted by Crippen LogP contribution is 2.30. The Morgan fingerprint density at radius 1 is 1.40 bits per heavy atom. The molecule has 0 unspecified atom stereocenters. The Kier molecular flexibility index (Phi) is 6.01. The molecule has 1 aromatic carbocycles. The first-order valence-electron chi connectivity index (χ1n) is 6.55. The van der Waals surface area contributed by atoms with Crippen molar-refractivity contribution in [3.05, 3.63) is 34.4 Å². The number of nitrogens with two attached hydrogens (primary N) is 1. The second-order valence-electron chi connectivity index (χ2n) is 5.33. The predicted molar refractivity (Wildman–Crippen MR) is 83.4 cm³/mol. The van der Waals surface area contributed by atoms with Crippen LogP contribution < -0.4 is 5.73 Å². The first-order valence-corrected chi connectivity index (χ1v) is 7.54. The van der Waals surface area contributed by atoms with Gasteiger partial charge >= 0.3 is 0 Å². The van der Waals surface area contributed by atoms with Crippen molar-refractivity contribution < 1.29 is 4.92 Å². The summed E-state index contributed by atoms with van der Waals surface area (Å²) in [5, 5.41) is 18.4. The van der Waals surface area contributed by atoms with Crippen molar-refractivity contribution in [2.75, 3.05) is 5.75 Å². The number of nitrogens with one attached hydrogen (secondary N) is 1. The smallest absolute Gasteiger partial charge is 0.282 e. The van der Waals surface area contributed by atoms with Gasteiger partial charge in [0.1, 0.15) is 0 Å². The topological polar surface area (TPSA) is 93.0 Å². The maximum atomic E-state index is 10.9. The lowest BCUT2D eigenvalue weighted by atomic mass is 9.86. The van der Waals surface area contributed by atoms with E-state index in [0.717, 1.165) is 25.0 Å². The summed E-state index contributed by atoms with van der Waals surface area (Å²) in [7, 11) is 0. The van der Waals surface area contributed by atoms with Crippen molar-refractivity contribution in [1.29, 1.82) is 5.41 Å². The molecule has 20 heavy (non-hydrogen) atoms. The van der Waals surface area contributed by atoms with Gasteiger partial charge in [-0.1, -0.05) is 32.4 Å². The third-order valence-corrected chi connectivity index (χ3v) is 4.39. The fourth-order valence-corrected chi connectivity index (χ4v) is 2.75. The molecule has 0 aliphatic heterocycles. The molecule has 0 aromatic heterocycles.